The third-order valence-corrected chi connectivity index (χ3v) is 22.6. The van der Waals surface area contributed by atoms with Crippen LogP contribution in [-0.2, 0) is 30.4 Å². The van der Waals surface area contributed by atoms with E-state index >= 15 is 4.39 Å². The van der Waals surface area contributed by atoms with Crippen molar-refractivity contribution in [1.82, 2.24) is 49.3 Å². The lowest BCUT2D eigenvalue weighted by Gasteiger charge is -2.33. The van der Waals surface area contributed by atoms with E-state index in [1.165, 1.54) is 79.7 Å². The van der Waals surface area contributed by atoms with Gasteiger partial charge in [0.1, 0.15) is 28.2 Å². The maximum atomic E-state index is 15.4. The first kappa shape index (κ1) is 73.3. The number of carboxylic acid groups (broad SMARTS) is 1. The summed E-state index contributed by atoms with van der Waals surface area (Å²) >= 11 is 2.79. The van der Waals surface area contributed by atoms with Gasteiger partial charge < -0.3 is 45.6 Å². The zero-order valence-electron chi connectivity index (χ0n) is 58.6. The number of carboxylic acids is 1. The molecule has 97 heavy (non-hydrogen) atoms. The molecule has 5 atom stereocenters. The first-order chi connectivity index (χ1) is 47.0. The van der Waals surface area contributed by atoms with Crippen LogP contribution in [0.15, 0.2) is 77.9 Å². The van der Waals surface area contributed by atoms with Crippen LogP contribution in [0.1, 0.15) is 178 Å². The molecule has 530 valence electrons. The normalized spacial score (nSPS) is 22.3. The van der Waals surface area contributed by atoms with Crippen molar-refractivity contribution in [1.29, 1.82) is 0 Å². The van der Waals surface area contributed by atoms with Crippen molar-refractivity contribution >= 4 is 75.5 Å². The number of fused-ring (bicyclic) bond motifs is 2. The molecule has 12 rings (SSSR count). The lowest BCUT2D eigenvalue weighted by atomic mass is 9.81. The molecule has 3 amide bonds. The number of carbonyl (C=O) groups excluding carboxylic acids is 4. The lowest BCUT2D eigenvalue weighted by Crippen LogP contribution is -2.42. The maximum absolute atomic E-state index is 15.4. The number of imidazole rings is 1. The number of pyridine rings is 2. The highest BCUT2D eigenvalue weighted by atomic mass is 32.2. The number of aromatic amines is 1. The summed E-state index contributed by atoms with van der Waals surface area (Å²) in [6.07, 6.45) is 16.3. The largest absolute Gasteiger partial charge is 0.481 e. The van der Waals surface area contributed by atoms with Crippen LogP contribution < -0.4 is 21.6 Å². The van der Waals surface area contributed by atoms with Crippen LogP contribution in [0.2, 0.25) is 0 Å². The number of likely N-dealkylation sites (tertiary alicyclic amines) is 3. The Morgan fingerprint density at radius 1 is 0.649 bits per heavy atom. The Morgan fingerprint density at radius 3 is 1.66 bits per heavy atom. The third-order valence-electron chi connectivity index (χ3n) is 19.7. The van der Waals surface area contributed by atoms with Gasteiger partial charge in [0.25, 0.3) is 0 Å². The number of rotatable bonds is 20. The SMILES string of the molecule is CC(C)(C)CCN1C(=O)[C@H](CC(=O)N2CCC(n3c(=O)[nH]c4ncccc43)CC2)SC1c1cccc(F)c1NCCN1CCCCC1.CC(C)(C)CCN1C(=O)[C@H](CC(=O)O)SC1c1cccc(F)c1NCCN1CCCCC1.O=C1Cc2ncccc2C1C1CCNCC1.[2H]CF. The fourth-order valence-electron chi connectivity index (χ4n) is 14.4. The van der Waals surface area contributed by atoms with Gasteiger partial charge in [-0.1, -0.05) is 84.7 Å². The lowest BCUT2D eigenvalue weighted by molar-refractivity contribution is -0.140. The van der Waals surface area contributed by atoms with Gasteiger partial charge in [0.2, 0.25) is 17.7 Å². The number of halogens is 3. The van der Waals surface area contributed by atoms with Gasteiger partial charge in [-0.3, -0.25) is 42.9 Å². The predicted molar refractivity (Wildman–Crippen MR) is 381 cm³/mol. The molecule has 5 aromatic rings. The number of ketones is 1. The molecule has 0 radical (unpaired) electrons. The number of thioether (sulfide) groups is 2. The highest BCUT2D eigenvalue weighted by Crippen LogP contribution is 2.49. The standard InChI is InChI=1S/C35H48FN7O3S.C24H36FN3O3S.C13H16N2O.CH3F/c1-35(2,3)14-21-42-32(45)28(47-33(42)25-9-7-10-26(36)30(25)37-16-22-40-17-5-4-6-18-40)23-29(44)41-19-12-24(13-20-41)43-27-11-8-15-38-31(27)39-34(43)46;1-24(2,3)10-14-28-22(31)19(16-20(29)30)32-23(28)17-8-7-9-18(25)21(17)26-11-15-27-12-5-4-6-13-27;16-12-8-11-10(2-1-5-15-11)13(12)9-3-6-14-7-4-9;1-2/h7-11,15,24,28,33,37H,4-6,12-14,16-23H2,1-3H3,(H,38,39,46);7-9,19,23,26H,4-6,10-16H2,1-3H3,(H,29,30);1-2,5,9,13-14H,3-4,6-8H2;1H3/t28-,33?;19-,23?;;/m00../s1/i;;;1D. The first-order valence-electron chi connectivity index (χ1n) is 35.7. The van der Waals surface area contributed by atoms with Gasteiger partial charge in [-0.15, -0.1) is 23.5 Å². The smallest absolute Gasteiger partial charge is 0.327 e. The highest BCUT2D eigenvalue weighted by molar-refractivity contribution is 8.01. The van der Waals surface area contributed by atoms with E-state index in [1.807, 2.05) is 40.1 Å². The monoisotopic (exact) mass is 1380 g/mol. The zero-order valence-corrected chi connectivity index (χ0v) is 59.2. The zero-order chi connectivity index (χ0) is 70.1. The van der Waals surface area contributed by atoms with E-state index in [1.54, 1.807) is 34.0 Å². The molecule has 3 unspecified atom stereocenters. The highest BCUT2D eigenvalue weighted by Gasteiger charge is 2.46. The van der Waals surface area contributed by atoms with Crippen molar-refractivity contribution < 1.29 is 43.6 Å². The van der Waals surface area contributed by atoms with E-state index in [0.29, 0.717) is 92.8 Å². The van der Waals surface area contributed by atoms with Crippen LogP contribution in [0.5, 0.6) is 0 Å². The average molecular weight is 1380 g/mol. The Balaban J connectivity index is 0.000000188. The molecule has 3 aromatic heterocycles. The summed E-state index contributed by atoms with van der Waals surface area (Å²) in [6, 6.07) is 17.8. The van der Waals surface area contributed by atoms with Crippen molar-refractivity contribution in [3.63, 3.8) is 0 Å². The van der Waals surface area contributed by atoms with Crippen LogP contribution in [0.25, 0.3) is 11.2 Å². The number of hydrogen-bond donors (Lipinski definition) is 5. The van der Waals surface area contributed by atoms with E-state index in [9.17, 15) is 42.7 Å². The van der Waals surface area contributed by atoms with E-state index < -0.39 is 29.0 Å². The second kappa shape index (κ2) is 35.0. The molecule has 0 spiro atoms. The number of amides is 3. The predicted octanol–water partition coefficient (Wildman–Crippen LogP) is 11.8. The first-order valence-corrected chi connectivity index (χ1v) is 36.9. The topological polar surface area (TPSA) is 221 Å². The number of H-pyrrole nitrogens is 1. The number of Topliss-reactive ketones (excluding diaryl/α,β-unsaturated/α-hetero) is 1. The van der Waals surface area contributed by atoms with Crippen molar-refractivity contribution in [2.75, 3.05) is 109 Å². The number of aliphatic carboxylic acids is 1. The van der Waals surface area contributed by atoms with Gasteiger partial charge in [-0.2, -0.15) is 0 Å². The Hall–Kier alpha value is -6.47. The number of para-hydroxylation sites is 2. The molecule has 5 N–H and O–H groups in total. The molecule has 6 saturated heterocycles. The van der Waals surface area contributed by atoms with Gasteiger partial charge in [-0.05, 0) is 156 Å². The van der Waals surface area contributed by atoms with Crippen molar-refractivity contribution in [3.05, 3.63) is 118 Å². The Bertz CT molecular complexity index is 3530. The molecule has 2 aromatic carbocycles. The number of piperidine rings is 4. The summed E-state index contributed by atoms with van der Waals surface area (Å²) in [7, 11) is -1.00. The van der Waals surface area contributed by atoms with Crippen LogP contribution >= 0.6 is 23.5 Å². The van der Waals surface area contributed by atoms with Crippen LogP contribution in [0.3, 0.4) is 0 Å². The summed E-state index contributed by atoms with van der Waals surface area (Å²) in [5, 5.41) is 17.3. The number of nitrogens with zero attached hydrogens (tertiary/aromatic N) is 8. The summed E-state index contributed by atoms with van der Waals surface area (Å²) in [5.41, 5.74) is 5.73. The van der Waals surface area contributed by atoms with Gasteiger partial charge in [0.05, 0.1) is 48.0 Å². The fourth-order valence-corrected chi connectivity index (χ4v) is 17.4. The number of nitrogens with one attached hydrogen (secondary N) is 4. The summed E-state index contributed by atoms with van der Waals surface area (Å²) < 4.78 is 47.5. The van der Waals surface area contributed by atoms with Crippen molar-refractivity contribution in [2.24, 2.45) is 16.7 Å². The molecule has 6 fully saturated rings. The number of aromatic nitrogens is 4. The maximum Gasteiger partial charge on any atom is 0.327 e. The quantitative estimate of drug-likeness (QED) is 0.0489. The van der Waals surface area contributed by atoms with Crippen LogP contribution in [-0.4, -0.2) is 188 Å². The second-order valence-electron chi connectivity index (χ2n) is 29.0. The third kappa shape index (κ3) is 19.9. The molecule has 19 nitrogen and oxygen atoms in total. The van der Waals surface area contributed by atoms with Gasteiger partial charge in [0.15, 0.2) is 5.65 Å². The van der Waals surface area contributed by atoms with Crippen molar-refractivity contribution in [3.8, 4) is 0 Å². The van der Waals surface area contributed by atoms with E-state index in [2.05, 4.69) is 88.3 Å². The second-order valence-corrected chi connectivity index (χ2v) is 31.6. The summed E-state index contributed by atoms with van der Waals surface area (Å²) in [5.74, 6) is -0.914. The number of alkyl halides is 1. The molecule has 1 aliphatic carbocycles. The number of carbonyl (C=O) groups is 5. The Labute approximate surface area is 580 Å². The van der Waals surface area contributed by atoms with E-state index in [4.69, 9.17) is 1.37 Å². The van der Waals surface area contributed by atoms with E-state index in [0.717, 1.165) is 94.8 Å². The molecular formula is C73H103F3N12O7S2. The molecule has 6 aliphatic heterocycles. The van der Waals surface area contributed by atoms with Gasteiger partial charge in [-0.25, -0.2) is 18.6 Å². The minimum absolute atomic E-state index is 0.00796. The molecule has 0 bridgehead atoms. The molecule has 9 heterocycles. The number of benzene rings is 2. The summed E-state index contributed by atoms with van der Waals surface area (Å²) in [6.45, 7) is 24.2. The van der Waals surface area contributed by atoms with Crippen LogP contribution in [0.4, 0.5) is 24.5 Å². The van der Waals surface area contributed by atoms with Crippen molar-refractivity contribution in [2.45, 2.75) is 171 Å². The minimum Gasteiger partial charge on any atom is -0.481 e. The number of hydrogen-bond acceptors (Lipinski definition) is 15. The molecular weight excluding hydrogens is 1280 g/mol. The molecule has 7 aliphatic rings. The van der Waals surface area contributed by atoms with E-state index in [-0.39, 0.29) is 76.1 Å². The molecule has 0 saturated carbocycles. The van der Waals surface area contributed by atoms with Gasteiger partial charge in [0, 0.05) is 101 Å². The Kier molecular flexibility index (Phi) is 26.5. The summed E-state index contributed by atoms with van der Waals surface area (Å²) in [4.78, 5) is 98.4. The van der Waals surface area contributed by atoms with Gasteiger partial charge >= 0.3 is 11.7 Å². The van der Waals surface area contributed by atoms with Crippen LogP contribution in [0, 0.1) is 28.4 Å². The fraction of sp³-hybridized carbons (Fsp3) is 0.616. The minimum atomic E-state index is -1.00. The number of anilines is 2. The molecule has 24 heteroatoms. The Morgan fingerprint density at radius 2 is 1.14 bits per heavy atom. The average Bonchev–Trinajstić information content (AvgIpc) is 1.68.